The second kappa shape index (κ2) is 7.50. The largest absolute Gasteiger partial charge is 0.476 e. The summed E-state index contributed by atoms with van der Waals surface area (Å²) in [4.78, 5) is 15.1. The Hall–Kier alpha value is -2.74. The summed E-state index contributed by atoms with van der Waals surface area (Å²) in [5.41, 5.74) is 2.43. The summed E-state index contributed by atoms with van der Waals surface area (Å²) in [5, 5.41) is 24.9. The van der Waals surface area contributed by atoms with E-state index in [9.17, 15) is 10.1 Å². The quantitative estimate of drug-likeness (QED) is 0.417. The summed E-state index contributed by atoms with van der Waals surface area (Å²) in [6.45, 7) is 1.52. The normalized spacial score (nSPS) is 14.9. The summed E-state index contributed by atoms with van der Waals surface area (Å²) in [6.07, 6.45) is 5.52. The molecule has 0 spiro atoms. The highest BCUT2D eigenvalue weighted by Gasteiger charge is 2.24. The van der Waals surface area contributed by atoms with E-state index in [1.165, 1.54) is 13.2 Å². The van der Waals surface area contributed by atoms with Gasteiger partial charge in [0.05, 0.1) is 17.7 Å². The molecule has 0 saturated heterocycles. The van der Waals surface area contributed by atoms with Gasteiger partial charge in [0.1, 0.15) is 0 Å². The molecule has 2 heterocycles. The number of nitrogens with one attached hydrogen (secondary N) is 3. The highest BCUT2D eigenvalue weighted by atomic mass is 16.6. The summed E-state index contributed by atoms with van der Waals surface area (Å²) in [7, 11) is 3.06. The van der Waals surface area contributed by atoms with Crippen LogP contribution in [0.5, 0.6) is 5.88 Å². The highest BCUT2D eigenvalue weighted by Crippen LogP contribution is 2.34. The summed E-state index contributed by atoms with van der Waals surface area (Å²) >= 11 is 0. The second-order valence-electron chi connectivity index (χ2n) is 4.89. The third-order valence-electron chi connectivity index (χ3n) is 3.49. The molecule has 0 bridgehead atoms. The molecule has 0 amide bonds. The van der Waals surface area contributed by atoms with Gasteiger partial charge in [-0.1, -0.05) is 6.08 Å². The van der Waals surface area contributed by atoms with Crippen LogP contribution in [0.1, 0.15) is 17.7 Å². The predicted octanol–water partition coefficient (Wildman–Crippen LogP) is 1.58. The van der Waals surface area contributed by atoms with E-state index >= 15 is 0 Å². The van der Waals surface area contributed by atoms with Crippen LogP contribution in [0.15, 0.2) is 18.3 Å². The number of hydrogen-bond acceptors (Lipinski definition) is 7. The Bertz CT molecular complexity index is 682. The third kappa shape index (κ3) is 3.54. The lowest BCUT2D eigenvalue weighted by Gasteiger charge is -2.17. The molecule has 1 aromatic heterocycles. The molecule has 8 nitrogen and oxygen atoms in total. The van der Waals surface area contributed by atoms with Crippen molar-refractivity contribution in [1.29, 1.82) is 5.41 Å². The Morgan fingerprint density at radius 2 is 2.39 bits per heavy atom. The number of nitro groups is 1. The van der Waals surface area contributed by atoms with Crippen molar-refractivity contribution in [2.45, 2.75) is 6.42 Å². The summed E-state index contributed by atoms with van der Waals surface area (Å²) in [5.74, 6) is -0.0260. The molecule has 0 aliphatic carbocycles. The number of allylic oxidation sites excluding steroid dienone is 1. The van der Waals surface area contributed by atoms with Crippen molar-refractivity contribution >= 4 is 23.0 Å². The predicted molar refractivity (Wildman–Crippen MR) is 88.7 cm³/mol. The molecule has 0 saturated carbocycles. The lowest BCUT2D eigenvalue weighted by atomic mass is 9.96. The van der Waals surface area contributed by atoms with Gasteiger partial charge in [0.2, 0.25) is 0 Å². The zero-order valence-electron chi connectivity index (χ0n) is 13.0. The van der Waals surface area contributed by atoms with Crippen LogP contribution in [-0.4, -0.2) is 43.4 Å². The Morgan fingerprint density at radius 1 is 1.61 bits per heavy atom. The Labute approximate surface area is 133 Å². The van der Waals surface area contributed by atoms with E-state index in [2.05, 4.69) is 15.6 Å². The molecule has 8 heteroatoms. The number of methoxy groups -OCH3 is 1. The fourth-order valence-corrected chi connectivity index (χ4v) is 2.42. The molecular formula is C15H19N5O3. The highest BCUT2D eigenvalue weighted by molar-refractivity contribution is 6.10. The molecule has 23 heavy (non-hydrogen) atoms. The van der Waals surface area contributed by atoms with Gasteiger partial charge in [-0.15, -0.1) is 0 Å². The zero-order chi connectivity index (χ0) is 16.8. The number of ether oxygens (including phenoxy) is 1. The van der Waals surface area contributed by atoms with Crippen LogP contribution < -0.4 is 15.4 Å². The van der Waals surface area contributed by atoms with Crippen molar-refractivity contribution in [1.82, 2.24) is 15.6 Å². The topological polar surface area (TPSA) is 113 Å². The van der Waals surface area contributed by atoms with Crippen LogP contribution in [0.2, 0.25) is 0 Å². The first-order valence-electron chi connectivity index (χ1n) is 7.14. The van der Waals surface area contributed by atoms with Crippen molar-refractivity contribution in [2.75, 3.05) is 27.2 Å². The second-order valence-corrected chi connectivity index (χ2v) is 4.89. The van der Waals surface area contributed by atoms with Crippen LogP contribution in [-0.2, 0) is 0 Å². The Morgan fingerprint density at radius 3 is 2.91 bits per heavy atom. The van der Waals surface area contributed by atoms with Crippen molar-refractivity contribution < 1.29 is 9.66 Å². The fourth-order valence-electron chi connectivity index (χ4n) is 2.42. The molecule has 0 radical (unpaired) electrons. The first-order valence-corrected chi connectivity index (χ1v) is 7.14. The number of nitrogens with zero attached hydrogens (tertiary/aromatic N) is 2. The van der Waals surface area contributed by atoms with Crippen LogP contribution >= 0.6 is 0 Å². The minimum absolute atomic E-state index is 0.0260. The molecule has 0 atom stereocenters. The van der Waals surface area contributed by atoms with Gasteiger partial charge in [-0.05, 0) is 18.5 Å². The maximum atomic E-state index is 11.3. The van der Waals surface area contributed by atoms with E-state index in [-0.39, 0.29) is 11.6 Å². The molecule has 1 aliphatic rings. The van der Waals surface area contributed by atoms with Gasteiger partial charge in [-0.2, -0.15) is 0 Å². The average molecular weight is 317 g/mol. The van der Waals surface area contributed by atoms with Crippen molar-refractivity contribution in [3.05, 3.63) is 39.7 Å². The molecule has 0 fully saturated rings. The van der Waals surface area contributed by atoms with E-state index in [1.54, 1.807) is 13.2 Å². The van der Waals surface area contributed by atoms with Crippen LogP contribution in [0.4, 0.5) is 5.69 Å². The molecule has 1 aromatic rings. The lowest BCUT2D eigenvalue weighted by Crippen LogP contribution is -2.21. The van der Waals surface area contributed by atoms with Crippen LogP contribution in [0.25, 0.3) is 11.1 Å². The fraction of sp³-hybridized carbons (Fsp3) is 0.333. The van der Waals surface area contributed by atoms with E-state index in [0.29, 0.717) is 23.4 Å². The van der Waals surface area contributed by atoms with Gasteiger partial charge >= 0.3 is 5.69 Å². The van der Waals surface area contributed by atoms with E-state index in [1.807, 2.05) is 6.08 Å². The first-order chi connectivity index (χ1) is 11.1. The maximum Gasteiger partial charge on any atom is 0.331 e. The molecule has 2 rings (SSSR count). The molecular weight excluding hydrogens is 298 g/mol. The van der Waals surface area contributed by atoms with Crippen LogP contribution in [0, 0.1) is 15.5 Å². The van der Waals surface area contributed by atoms with Crippen molar-refractivity contribution in [3.63, 3.8) is 0 Å². The average Bonchev–Trinajstić information content (AvgIpc) is 2.59. The first kappa shape index (κ1) is 16.6. The molecule has 3 N–H and O–H groups in total. The van der Waals surface area contributed by atoms with Gasteiger partial charge in [-0.25, -0.2) is 4.98 Å². The van der Waals surface area contributed by atoms with Crippen LogP contribution in [0.3, 0.4) is 0 Å². The molecule has 1 aliphatic heterocycles. The molecule has 122 valence electrons. The molecule has 0 unspecified atom stereocenters. The van der Waals surface area contributed by atoms with Gasteiger partial charge < -0.3 is 20.8 Å². The number of pyridine rings is 1. The number of rotatable bonds is 6. The number of hydrogen-bond donors (Lipinski definition) is 3. The maximum absolute atomic E-state index is 11.3. The molecule has 0 aromatic carbocycles. The third-order valence-corrected chi connectivity index (χ3v) is 3.49. The zero-order valence-corrected chi connectivity index (χ0v) is 13.0. The van der Waals surface area contributed by atoms with E-state index in [0.717, 1.165) is 24.8 Å². The van der Waals surface area contributed by atoms with E-state index < -0.39 is 4.92 Å². The Balaban J connectivity index is 2.71. The minimum atomic E-state index is -0.531. The van der Waals surface area contributed by atoms with Gasteiger partial charge in [-0.3, -0.25) is 10.1 Å². The van der Waals surface area contributed by atoms with Gasteiger partial charge in [0.25, 0.3) is 5.88 Å². The van der Waals surface area contributed by atoms with E-state index in [4.69, 9.17) is 10.1 Å². The number of aromatic nitrogens is 1. The minimum Gasteiger partial charge on any atom is -0.476 e. The Kier molecular flexibility index (Phi) is 5.42. The lowest BCUT2D eigenvalue weighted by molar-refractivity contribution is -0.386. The smallest absolute Gasteiger partial charge is 0.331 e. The van der Waals surface area contributed by atoms with Gasteiger partial charge in [0.15, 0.2) is 0 Å². The standard InChI is InChI=1S/C15H19N5O3/c1-17-9-11(8-16)12-7-13(20(21)22)15(23-2)19-14(12)10-3-5-18-6-4-10/h3,7-9,16-18H,4-6H2,1-2H3/b11-9+,16-8?. The summed E-state index contributed by atoms with van der Waals surface area (Å²) in [6, 6.07) is 1.41. The van der Waals surface area contributed by atoms with Crippen molar-refractivity contribution in [2.24, 2.45) is 0 Å². The van der Waals surface area contributed by atoms with Crippen molar-refractivity contribution in [3.8, 4) is 5.88 Å². The van der Waals surface area contributed by atoms with Gasteiger partial charge in [0, 0.05) is 43.2 Å². The SMILES string of the molecule is CN/C=C(\C=N)c1cc([N+](=O)[O-])c(OC)nc1C1=CCNCC1. The monoisotopic (exact) mass is 317 g/mol. The summed E-state index contributed by atoms with van der Waals surface area (Å²) < 4.78 is 5.08.